The van der Waals surface area contributed by atoms with Crippen LogP contribution in [0, 0.1) is 24.2 Å². The third kappa shape index (κ3) is 3.18. The molecule has 1 aliphatic heterocycles. The van der Waals surface area contributed by atoms with E-state index in [9.17, 15) is 4.79 Å². The van der Waals surface area contributed by atoms with E-state index >= 15 is 0 Å². The molecule has 0 radical (unpaired) electrons. The first-order valence-electron chi connectivity index (χ1n) is 9.05. The van der Waals surface area contributed by atoms with Crippen molar-refractivity contribution in [2.24, 2.45) is 17.3 Å². The van der Waals surface area contributed by atoms with Crippen LogP contribution in [0.5, 0.6) is 0 Å². The predicted octanol–water partition coefficient (Wildman–Crippen LogP) is 2.97. The molecule has 2 unspecified atom stereocenters. The Morgan fingerprint density at radius 2 is 2.30 bits per heavy atom. The van der Waals surface area contributed by atoms with E-state index in [4.69, 9.17) is 0 Å². The fourth-order valence-corrected chi connectivity index (χ4v) is 5.35. The number of nitrogens with zero attached hydrogens (tertiary/aromatic N) is 2. The summed E-state index contributed by atoms with van der Waals surface area (Å²) in [6.45, 7) is 6.24. The zero-order valence-corrected chi connectivity index (χ0v) is 14.8. The number of thiazole rings is 1. The molecule has 1 aromatic rings. The van der Waals surface area contributed by atoms with Gasteiger partial charge in [-0.2, -0.15) is 0 Å². The van der Waals surface area contributed by atoms with Gasteiger partial charge in [-0.1, -0.05) is 6.42 Å². The lowest BCUT2D eigenvalue weighted by Gasteiger charge is -2.30. The molecule has 1 amide bonds. The molecular formula is C18H27N3OS. The number of carbonyl (C=O) groups is 1. The molecule has 23 heavy (non-hydrogen) atoms. The maximum absolute atomic E-state index is 12.7. The number of aromatic nitrogens is 1. The molecule has 3 aliphatic rings. The highest BCUT2D eigenvalue weighted by molar-refractivity contribution is 7.09. The monoisotopic (exact) mass is 333 g/mol. The lowest BCUT2D eigenvalue weighted by atomic mass is 9.76. The van der Waals surface area contributed by atoms with Gasteiger partial charge in [0.05, 0.1) is 11.2 Å². The molecule has 0 bridgehead atoms. The third-order valence-electron chi connectivity index (χ3n) is 6.16. The molecule has 1 aromatic heterocycles. The lowest BCUT2D eigenvalue weighted by molar-refractivity contribution is -0.128. The standard InChI is InChI=1S/C18H27N3OS/c1-13-16(23-12-20-13)10-21-8-7-18(11-21)6-2-3-15(18)17(22)19-9-14-4-5-14/h12,14-15H,2-11H2,1H3,(H,19,22). The molecule has 1 saturated heterocycles. The van der Waals surface area contributed by atoms with Gasteiger partial charge in [0, 0.05) is 30.4 Å². The Kier molecular flexibility index (Phi) is 4.18. The topological polar surface area (TPSA) is 45.2 Å². The Bertz CT molecular complexity index is 583. The second kappa shape index (κ2) is 6.17. The summed E-state index contributed by atoms with van der Waals surface area (Å²) in [5.41, 5.74) is 3.35. The Balaban J connectivity index is 1.39. The zero-order chi connectivity index (χ0) is 15.9. The second-order valence-electron chi connectivity index (χ2n) is 7.82. The van der Waals surface area contributed by atoms with Gasteiger partial charge in [0.1, 0.15) is 0 Å². The average molecular weight is 334 g/mol. The molecule has 1 spiro atoms. The highest BCUT2D eigenvalue weighted by atomic mass is 32.1. The Morgan fingerprint density at radius 3 is 3.04 bits per heavy atom. The summed E-state index contributed by atoms with van der Waals surface area (Å²) >= 11 is 1.76. The van der Waals surface area contributed by atoms with Crippen LogP contribution >= 0.6 is 11.3 Å². The Morgan fingerprint density at radius 1 is 1.43 bits per heavy atom. The summed E-state index contributed by atoms with van der Waals surface area (Å²) in [5, 5.41) is 3.24. The van der Waals surface area contributed by atoms with Gasteiger partial charge in [0.25, 0.3) is 0 Å². The van der Waals surface area contributed by atoms with E-state index in [0.717, 1.165) is 38.5 Å². The summed E-state index contributed by atoms with van der Waals surface area (Å²) in [6, 6.07) is 0. The summed E-state index contributed by atoms with van der Waals surface area (Å²) in [5.74, 6) is 1.35. The van der Waals surface area contributed by atoms with Crippen LogP contribution in [0.15, 0.2) is 5.51 Å². The largest absolute Gasteiger partial charge is 0.356 e. The minimum atomic E-state index is 0.242. The summed E-state index contributed by atoms with van der Waals surface area (Å²) < 4.78 is 0. The Hall–Kier alpha value is -0.940. The predicted molar refractivity (Wildman–Crippen MR) is 92.3 cm³/mol. The maximum Gasteiger partial charge on any atom is 0.223 e. The van der Waals surface area contributed by atoms with Crippen LogP contribution in [0.3, 0.4) is 0 Å². The van der Waals surface area contributed by atoms with E-state index in [0.29, 0.717) is 5.91 Å². The van der Waals surface area contributed by atoms with Gasteiger partial charge in [-0.05, 0) is 56.9 Å². The van der Waals surface area contributed by atoms with E-state index in [1.165, 1.54) is 42.7 Å². The van der Waals surface area contributed by atoms with Crippen molar-refractivity contribution < 1.29 is 4.79 Å². The van der Waals surface area contributed by atoms with E-state index in [1.54, 1.807) is 11.3 Å². The number of hydrogen-bond donors (Lipinski definition) is 1. The molecule has 5 heteroatoms. The van der Waals surface area contributed by atoms with Crippen molar-refractivity contribution in [2.75, 3.05) is 19.6 Å². The third-order valence-corrected chi connectivity index (χ3v) is 7.08. The fraction of sp³-hybridized carbons (Fsp3) is 0.778. The lowest BCUT2D eigenvalue weighted by Crippen LogP contribution is -2.41. The van der Waals surface area contributed by atoms with Crippen molar-refractivity contribution in [1.82, 2.24) is 15.2 Å². The molecule has 3 fully saturated rings. The first-order chi connectivity index (χ1) is 11.2. The van der Waals surface area contributed by atoms with Crippen LogP contribution in [0.1, 0.15) is 49.1 Å². The molecule has 1 N–H and O–H groups in total. The smallest absolute Gasteiger partial charge is 0.223 e. The molecule has 2 atom stereocenters. The van der Waals surface area contributed by atoms with E-state index in [2.05, 4.69) is 22.1 Å². The van der Waals surface area contributed by atoms with Crippen molar-refractivity contribution in [2.45, 2.75) is 52.0 Å². The van der Waals surface area contributed by atoms with E-state index in [1.807, 2.05) is 5.51 Å². The number of amides is 1. The summed E-state index contributed by atoms with van der Waals surface area (Å²) in [4.78, 5) is 21.0. The Labute approximate surface area is 142 Å². The van der Waals surface area contributed by atoms with Gasteiger partial charge in [0.15, 0.2) is 0 Å². The van der Waals surface area contributed by atoms with Crippen molar-refractivity contribution >= 4 is 17.2 Å². The van der Waals surface area contributed by atoms with Crippen LogP contribution in [-0.4, -0.2) is 35.4 Å². The summed E-state index contributed by atoms with van der Waals surface area (Å²) in [6.07, 6.45) is 7.33. The summed E-state index contributed by atoms with van der Waals surface area (Å²) in [7, 11) is 0. The highest BCUT2D eigenvalue weighted by Crippen LogP contribution is 2.50. The molecule has 0 aromatic carbocycles. The number of rotatable bonds is 5. The van der Waals surface area contributed by atoms with Crippen LogP contribution in [0.4, 0.5) is 0 Å². The number of nitrogens with one attached hydrogen (secondary N) is 1. The van der Waals surface area contributed by atoms with Crippen LogP contribution in [-0.2, 0) is 11.3 Å². The van der Waals surface area contributed by atoms with Gasteiger partial charge in [-0.15, -0.1) is 11.3 Å². The normalized spacial score (nSPS) is 31.1. The van der Waals surface area contributed by atoms with Crippen molar-refractivity contribution in [3.63, 3.8) is 0 Å². The van der Waals surface area contributed by atoms with Gasteiger partial charge in [0.2, 0.25) is 5.91 Å². The first-order valence-corrected chi connectivity index (χ1v) is 9.93. The average Bonchev–Trinajstić information content (AvgIpc) is 2.94. The quantitative estimate of drug-likeness (QED) is 0.901. The minimum absolute atomic E-state index is 0.242. The SMILES string of the molecule is Cc1ncsc1CN1CCC2(CCCC2C(=O)NCC2CC2)C1. The zero-order valence-electron chi connectivity index (χ0n) is 14.0. The first kappa shape index (κ1) is 15.6. The molecule has 4 rings (SSSR count). The highest BCUT2D eigenvalue weighted by Gasteiger charge is 2.50. The number of aryl methyl sites for hydroxylation is 1. The maximum atomic E-state index is 12.7. The van der Waals surface area contributed by atoms with Crippen molar-refractivity contribution in [3.8, 4) is 0 Å². The van der Waals surface area contributed by atoms with Crippen molar-refractivity contribution in [3.05, 3.63) is 16.1 Å². The van der Waals surface area contributed by atoms with Crippen LogP contribution in [0.2, 0.25) is 0 Å². The van der Waals surface area contributed by atoms with Crippen LogP contribution in [0.25, 0.3) is 0 Å². The number of carbonyl (C=O) groups excluding carboxylic acids is 1. The molecular weight excluding hydrogens is 306 g/mol. The van der Waals surface area contributed by atoms with Gasteiger partial charge in [-0.3, -0.25) is 9.69 Å². The molecule has 4 nitrogen and oxygen atoms in total. The van der Waals surface area contributed by atoms with Gasteiger partial charge in [-0.25, -0.2) is 4.98 Å². The minimum Gasteiger partial charge on any atom is -0.356 e. The van der Waals surface area contributed by atoms with Gasteiger partial charge >= 0.3 is 0 Å². The van der Waals surface area contributed by atoms with Crippen molar-refractivity contribution in [1.29, 1.82) is 0 Å². The number of hydrogen-bond acceptors (Lipinski definition) is 4. The van der Waals surface area contributed by atoms with E-state index < -0.39 is 0 Å². The van der Waals surface area contributed by atoms with Gasteiger partial charge < -0.3 is 5.32 Å². The fourth-order valence-electron chi connectivity index (χ4n) is 4.53. The second-order valence-corrected chi connectivity index (χ2v) is 8.76. The van der Waals surface area contributed by atoms with E-state index in [-0.39, 0.29) is 11.3 Å². The molecule has 2 saturated carbocycles. The molecule has 126 valence electrons. The molecule has 2 heterocycles. The molecule has 2 aliphatic carbocycles. The number of likely N-dealkylation sites (tertiary alicyclic amines) is 1. The van der Waals surface area contributed by atoms with Crippen LogP contribution < -0.4 is 5.32 Å².